The van der Waals surface area contributed by atoms with Gasteiger partial charge in [0.1, 0.15) is 11.0 Å². The van der Waals surface area contributed by atoms with E-state index in [-0.39, 0.29) is 24.5 Å². The Labute approximate surface area is 143 Å². The van der Waals surface area contributed by atoms with Crippen LogP contribution in [0.4, 0.5) is 4.79 Å². The first kappa shape index (κ1) is 16.6. The molecule has 9 heteroatoms. The molecule has 3 amide bonds. The number of hydrogen-bond donors (Lipinski definition) is 1. The van der Waals surface area contributed by atoms with E-state index in [1.807, 2.05) is 27.7 Å². The highest BCUT2D eigenvalue weighted by Gasteiger charge is 2.38. The van der Waals surface area contributed by atoms with Crippen molar-refractivity contribution in [3.8, 4) is 0 Å². The molecule has 2 aromatic heterocycles. The molecule has 0 radical (unpaired) electrons. The number of carbonyl (C=O) groups excluding carboxylic acids is 2. The van der Waals surface area contributed by atoms with Gasteiger partial charge in [0.15, 0.2) is 0 Å². The summed E-state index contributed by atoms with van der Waals surface area (Å²) >= 11 is 1.51. The van der Waals surface area contributed by atoms with Gasteiger partial charge in [-0.15, -0.1) is 16.4 Å². The van der Waals surface area contributed by atoms with E-state index in [1.165, 1.54) is 16.2 Å². The number of carbonyl (C=O) groups is 2. The maximum Gasteiger partial charge on any atom is 0.325 e. The van der Waals surface area contributed by atoms with Gasteiger partial charge in [0, 0.05) is 23.5 Å². The molecule has 0 spiro atoms. The normalized spacial score (nSPS) is 17.9. The van der Waals surface area contributed by atoms with Gasteiger partial charge in [-0.2, -0.15) is 0 Å². The molecular weight excluding hydrogens is 328 g/mol. The minimum Gasteiger partial charge on any atom is -0.325 e. The Morgan fingerprint density at radius 1 is 1.33 bits per heavy atom. The number of nitrogens with one attached hydrogen (secondary N) is 1. The highest BCUT2D eigenvalue weighted by Crippen LogP contribution is 2.20. The summed E-state index contributed by atoms with van der Waals surface area (Å²) in [6.45, 7) is 8.10. The molecule has 0 unspecified atom stereocenters. The lowest BCUT2D eigenvalue weighted by atomic mass is 10.1. The van der Waals surface area contributed by atoms with Crippen LogP contribution < -0.4 is 5.32 Å². The molecule has 1 N–H and O–H groups in total. The second kappa shape index (κ2) is 6.31. The van der Waals surface area contributed by atoms with Gasteiger partial charge in [-0.1, -0.05) is 5.21 Å². The molecule has 0 bridgehead atoms. The van der Waals surface area contributed by atoms with Gasteiger partial charge < -0.3 is 5.32 Å². The van der Waals surface area contributed by atoms with Crippen molar-refractivity contribution in [2.45, 2.75) is 52.7 Å². The van der Waals surface area contributed by atoms with E-state index in [9.17, 15) is 9.59 Å². The molecule has 0 aromatic carbocycles. The van der Waals surface area contributed by atoms with E-state index in [2.05, 4.69) is 20.6 Å². The Morgan fingerprint density at radius 3 is 2.67 bits per heavy atom. The predicted octanol–water partition coefficient (Wildman–Crippen LogP) is 1.60. The second-order valence-electron chi connectivity index (χ2n) is 6.16. The minimum atomic E-state index is -0.600. The summed E-state index contributed by atoms with van der Waals surface area (Å²) in [7, 11) is 0. The van der Waals surface area contributed by atoms with Crippen molar-refractivity contribution in [2.24, 2.45) is 0 Å². The van der Waals surface area contributed by atoms with Crippen LogP contribution in [0.2, 0.25) is 0 Å². The van der Waals surface area contributed by atoms with Crippen LogP contribution in [0, 0.1) is 13.8 Å². The molecule has 8 nitrogen and oxygen atoms in total. The monoisotopic (exact) mass is 348 g/mol. The maximum atomic E-state index is 12.5. The van der Waals surface area contributed by atoms with E-state index in [0.29, 0.717) is 12.1 Å². The van der Waals surface area contributed by atoms with Crippen LogP contribution in [0.5, 0.6) is 0 Å². The smallest absolute Gasteiger partial charge is 0.325 e. The Balaban J connectivity index is 1.69. The first-order valence-corrected chi connectivity index (χ1v) is 8.62. The molecule has 0 aliphatic carbocycles. The highest BCUT2D eigenvalue weighted by molar-refractivity contribution is 7.11. The van der Waals surface area contributed by atoms with Gasteiger partial charge in [-0.3, -0.25) is 9.69 Å². The van der Waals surface area contributed by atoms with Crippen molar-refractivity contribution in [3.05, 3.63) is 27.5 Å². The number of aryl methyl sites for hydroxylation is 2. The summed E-state index contributed by atoms with van der Waals surface area (Å²) in [6, 6.07) is -0.781. The maximum absolute atomic E-state index is 12.5. The summed E-state index contributed by atoms with van der Waals surface area (Å²) < 4.78 is 1.73. The van der Waals surface area contributed by atoms with Crippen LogP contribution in [0.3, 0.4) is 0 Å². The number of thiazole rings is 1. The lowest BCUT2D eigenvalue weighted by Crippen LogP contribution is -2.32. The van der Waals surface area contributed by atoms with E-state index in [0.717, 1.165) is 15.6 Å². The first-order chi connectivity index (χ1) is 11.3. The number of nitrogens with zero attached hydrogens (tertiary/aromatic N) is 5. The zero-order chi connectivity index (χ0) is 17.4. The number of urea groups is 1. The largest absolute Gasteiger partial charge is 0.325 e. The van der Waals surface area contributed by atoms with Gasteiger partial charge in [-0.25, -0.2) is 14.5 Å². The molecule has 3 heterocycles. The Morgan fingerprint density at radius 2 is 2.08 bits per heavy atom. The molecule has 3 rings (SSSR count). The van der Waals surface area contributed by atoms with Gasteiger partial charge >= 0.3 is 6.03 Å². The molecule has 1 fully saturated rings. The molecule has 0 saturated carbocycles. The first-order valence-electron chi connectivity index (χ1n) is 7.80. The van der Waals surface area contributed by atoms with Gasteiger partial charge in [0.25, 0.3) is 5.91 Å². The van der Waals surface area contributed by atoms with Crippen LogP contribution in [-0.2, 0) is 17.8 Å². The predicted molar refractivity (Wildman–Crippen MR) is 88.6 cm³/mol. The van der Waals surface area contributed by atoms with E-state index >= 15 is 0 Å². The third kappa shape index (κ3) is 3.16. The molecule has 24 heavy (non-hydrogen) atoms. The zero-order valence-electron chi connectivity index (χ0n) is 14.1. The van der Waals surface area contributed by atoms with Crippen LogP contribution in [0.25, 0.3) is 0 Å². The molecule has 1 aliphatic rings. The van der Waals surface area contributed by atoms with Crippen molar-refractivity contribution in [3.63, 3.8) is 0 Å². The van der Waals surface area contributed by atoms with Gasteiger partial charge in [0.05, 0.1) is 17.9 Å². The number of aromatic nitrogens is 4. The quantitative estimate of drug-likeness (QED) is 0.829. The Hall–Kier alpha value is -2.29. The highest BCUT2D eigenvalue weighted by atomic mass is 32.1. The van der Waals surface area contributed by atoms with Crippen LogP contribution in [0.15, 0.2) is 6.20 Å². The topological polar surface area (TPSA) is 93.0 Å². The van der Waals surface area contributed by atoms with E-state index in [4.69, 9.17) is 0 Å². The zero-order valence-corrected chi connectivity index (χ0v) is 14.9. The van der Waals surface area contributed by atoms with Crippen LogP contribution >= 0.6 is 11.3 Å². The average molecular weight is 348 g/mol. The average Bonchev–Trinajstić information content (AvgIpc) is 3.16. The summed E-state index contributed by atoms with van der Waals surface area (Å²) in [5.41, 5.74) is 1.62. The standard InChI is InChI=1S/C15H20N6O2S/c1-8(2)21-6-11(18-19-21)5-12-14(22)20(15(23)17-12)7-13-16-9(3)10(4)24-13/h6,8,12H,5,7H2,1-4H3,(H,17,23)/t12-/m1/s1. The fourth-order valence-corrected chi connectivity index (χ4v) is 3.40. The Bertz CT molecular complexity index is 761. The number of hydrogen-bond acceptors (Lipinski definition) is 6. The van der Waals surface area contributed by atoms with Crippen molar-refractivity contribution >= 4 is 23.3 Å². The number of imide groups is 1. The second-order valence-corrected chi connectivity index (χ2v) is 7.45. The number of amides is 3. The van der Waals surface area contributed by atoms with Crippen molar-refractivity contribution in [2.75, 3.05) is 0 Å². The third-order valence-electron chi connectivity index (χ3n) is 3.97. The van der Waals surface area contributed by atoms with Crippen molar-refractivity contribution in [1.29, 1.82) is 0 Å². The van der Waals surface area contributed by atoms with Crippen molar-refractivity contribution in [1.82, 2.24) is 30.2 Å². The number of rotatable bonds is 5. The fraction of sp³-hybridized carbons (Fsp3) is 0.533. The molecule has 2 aromatic rings. The summed E-state index contributed by atoms with van der Waals surface area (Å²) in [6.07, 6.45) is 2.14. The molecule has 128 valence electrons. The van der Waals surface area contributed by atoms with Gasteiger partial charge in [0.2, 0.25) is 0 Å². The SMILES string of the molecule is Cc1nc(CN2C(=O)N[C@H](Cc3cn(C(C)C)nn3)C2=O)sc1C. The summed E-state index contributed by atoms with van der Waals surface area (Å²) in [5.74, 6) is -0.246. The lowest BCUT2D eigenvalue weighted by molar-refractivity contribution is -0.127. The summed E-state index contributed by atoms with van der Waals surface area (Å²) in [5, 5.41) is 11.6. The van der Waals surface area contributed by atoms with E-state index in [1.54, 1.807) is 10.9 Å². The lowest BCUT2D eigenvalue weighted by Gasteiger charge is -2.10. The minimum absolute atomic E-state index is 0.202. The summed E-state index contributed by atoms with van der Waals surface area (Å²) in [4.78, 5) is 31.4. The molecule has 1 saturated heterocycles. The van der Waals surface area contributed by atoms with Gasteiger partial charge in [-0.05, 0) is 27.7 Å². The Kier molecular flexibility index (Phi) is 4.35. The van der Waals surface area contributed by atoms with Crippen LogP contribution in [0.1, 0.15) is 41.2 Å². The molecule has 1 atom stereocenters. The third-order valence-corrected chi connectivity index (χ3v) is 5.03. The van der Waals surface area contributed by atoms with E-state index < -0.39 is 6.04 Å². The fourth-order valence-electron chi connectivity index (χ4n) is 2.48. The van der Waals surface area contributed by atoms with Crippen LogP contribution in [-0.4, -0.2) is 42.9 Å². The molecular formula is C15H20N6O2S. The molecule has 1 aliphatic heterocycles. The van der Waals surface area contributed by atoms with Crippen molar-refractivity contribution < 1.29 is 9.59 Å².